The van der Waals surface area contributed by atoms with Crippen LogP contribution in [0.3, 0.4) is 0 Å². The van der Waals surface area contributed by atoms with E-state index in [4.69, 9.17) is 13.1 Å². The number of halogens is 10. The second-order valence-electron chi connectivity index (χ2n) is 8.92. The topological polar surface area (TPSA) is 56.3 Å². The molecule has 0 fully saturated rings. The van der Waals surface area contributed by atoms with Gasteiger partial charge in [-0.2, -0.15) is 5.26 Å². The fraction of sp³-hybridized carbons (Fsp3) is 0. The Morgan fingerprint density at radius 3 is 1.34 bits per heavy atom. The van der Waals surface area contributed by atoms with Gasteiger partial charge in [-0.25, -0.2) is 58.9 Å². The van der Waals surface area contributed by atoms with E-state index in [9.17, 15) is 54.4 Å². The van der Waals surface area contributed by atoms with Gasteiger partial charge in [-0.05, 0) is 46.0 Å². The van der Waals surface area contributed by atoms with E-state index in [2.05, 4.69) is 9.69 Å². The van der Waals surface area contributed by atoms with Crippen LogP contribution < -0.4 is 0 Å². The van der Waals surface area contributed by atoms with Crippen LogP contribution in [-0.2, 0) is 0 Å². The average molecular weight is 610 g/mol. The molecule has 0 radical (unpaired) electrons. The second kappa shape index (κ2) is 10.3. The number of allylic oxidation sites excluding steroid dienone is 1. The van der Waals surface area contributed by atoms with Crippen LogP contribution in [0, 0.1) is 94.0 Å². The van der Waals surface area contributed by atoms with Crippen molar-refractivity contribution >= 4 is 11.3 Å². The van der Waals surface area contributed by atoms with Crippen molar-refractivity contribution in [3.8, 4) is 45.5 Å². The summed E-state index contributed by atoms with van der Waals surface area (Å²) in [6.07, 6.45) is 0. The third-order valence-electron chi connectivity index (χ3n) is 6.78. The average Bonchev–Trinajstić information content (AvgIpc) is 3.32. The van der Waals surface area contributed by atoms with Gasteiger partial charge >= 0.3 is 0 Å². The first-order valence-corrected chi connectivity index (χ1v) is 11.5. The molecule has 0 N–H and O–H groups in total. The lowest BCUT2D eigenvalue weighted by Crippen LogP contribution is -2.05. The van der Waals surface area contributed by atoms with Crippen LogP contribution in [0.15, 0.2) is 30.0 Å². The zero-order valence-electron chi connectivity index (χ0n) is 20.9. The minimum atomic E-state index is -2.48. The van der Waals surface area contributed by atoms with Gasteiger partial charge in [0.25, 0.3) is 5.70 Å². The summed E-state index contributed by atoms with van der Waals surface area (Å²) in [7, 11) is 0. The minimum Gasteiger partial charge on any atom is -0.237 e. The molecule has 4 aromatic carbocycles. The van der Waals surface area contributed by atoms with E-state index in [1.807, 2.05) is 0 Å². The molecule has 44 heavy (non-hydrogen) atoms. The molecule has 1 aliphatic carbocycles. The number of nitriles is 2. The van der Waals surface area contributed by atoms with Crippen LogP contribution in [0.5, 0.6) is 0 Å². The molecular weight excluding hydrogens is 606 g/mol. The molecular formula is C30H4F10N4. The Hall–Kier alpha value is -6.12. The minimum absolute atomic E-state index is 0.134. The van der Waals surface area contributed by atoms with Gasteiger partial charge in [0, 0.05) is 16.7 Å². The van der Waals surface area contributed by atoms with E-state index < -0.39 is 103 Å². The van der Waals surface area contributed by atoms with Gasteiger partial charge in [-0.1, -0.05) is 6.07 Å². The largest absolute Gasteiger partial charge is 0.270 e. The van der Waals surface area contributed by atoms with E-state index in [1.165, 1.54) is 6.07 Å². The third-order valence-corrected chi connectivity index (χ3v) is 6.78. The van der Waals surface area contributed by atoms with Gasteiger partial charge in [-0.3, -0.25) is 0 Å². The van der Waals surface area contributed by atoms with Crippen LogP contribution in [-0.4, -0.2) is 0 Å². The highest BCUT2D eigenvalue weighted by atomic mass is 19.2. The van der Waals surface area contributed by atoms with E-state index in [-0.39, 0.29) is 22.3 Å². The Balaban J connectivity index is 1.93. The first-order valence-electron chi connectivity index (χ1n) is 11.5. The summed E-state index contributed by atoms with van der Waals surface area (Å²) in [6.45, 7) is 14.9. The third kappa shape index (κ3) is 3.89. The lowest BCUT2D eigenvalue weighted by molar-refractivity contribution is 0.381. The van der Waals surface area contributed by atoms with E-state index in [0.29, 0.717) is 0 Å². The zero-order chi connectivity index (χ0) is 32.4. The Bertz CT molecular complexity index is 2010. The number of hydrogen-bond donors (Lipinski definition) is 0. The maximum Gasteiger partial charge on any atom is 0.270 e. The van der Waals surface area contributed by atoms with Crippen LogP contribution >= 0.6 is 0 Å². The second-order valence-corrected chi connectivity index (χ2v) is 8.92. The summed E-state index contributed by atoms with van der Waals surface area (Å²) in [5.41, 5.74) is -8.30. The molecule has 0 bridgehead atoms. The lowest BCUT2D eigenvalue weighted by atomic mass is 9.92. The van der Waals surface area contributed by atoms with Gasteiger partial charge < -0.3 is 0 Å². The molecule has 0 amide bonds. The molecule has 4 aromatic rings. The van der Waals surface area contributed by atoms with Crippen LogP contribution in [0.2, 0.25) is 0 Å². The van der Waals surface area contributed by atoms with Gasteiger partial charge in [-0.15, -0.1) is 0 Å². The van der Waals surface area contributed by atoms with Gasteiger partial charge in [0.05, 0.1) is 36.4 Å². The standard InChI is InChI=1S/C30H4F10N4/c1-43-16-6-12-11-3-9(7-41)10(19-21(31)25(35)29(39)26(36)22(19)32)4-13(11)18(17(8-42)44-2)14(12)5-15(16)20-23(33)27(37)30(40)28(38)24(20)34/h3-6H/b18-17-. The molecule has 14 heteroatoms. The SMILES string of the molecule is [C-]#[N+]/C(C#N)=C1/c2cc(-c3c(F)c(F)c(F)c(F)c3F)c(C#N)cc2-c2cc([N+]#[C-])c(-c3c(F)c(F)c(F)c(F)c3F)cc21. The van der Waals surface area contributed by atoms with Crippen molar-refractivity contribution in [3.63, 3.8) is 0 Å². The van der Waals surface area contributed by atoms with E-state index in [0.717, 1.165) is 24.3 Å². The van der Waals surface area contributed by atoms with Crippen LogP contribution in [0.4, 0.5) is 49.6 Å². The fourth-order valence-corrected chi connectivity index (χ4v) is 4.86. The molecule has 1 aliphatic rings. The highest BCUT2D eigenvalue weighted by Gasteiger charge is 2.35. The first kappa shape index (κ1) is 29.4. The molecule has 4 nitrogen and oxygen atoms in total. The summed E-state index contributed by atoms with van der Waals surface area (Å²) in [5.74, 6) is -23.5. The molecule has 0 aliphatic heterocycles. The monoisotopic (exact) mass is 610 g/mol. The molecule has 0 saturated carbocycles. The number of rotatable bonds is 2. The lowest BCUT2D eigenvalue weighted by Gasteiger charge is -2.13. The van der Waals surface area contributed by atoms with Crippen molar-refractivity contribution in [2.24, 2.45) is 0 Å². The van der Waals surface area contributed by atoms with Gasteiger partial charge in [0.2, 0.25) is 11.6 Å². The Morgan fingerprint density at radius 1 is 0.523 bits per heavy atom. The normalized spacial score (nSPS) is 12.5. The highest BCUT2D eigenvalue weighted by Crippen LogP contribution is 2.52. The predicted molar refractivity (Wildman–Crippen MR) is 132 cm³/mol. The maximum absolute atomic E-state index is 14.8. The predicted octanol–water partition coefficient (Wildman–Crippen LogP) is 9.02. The van der Waals surface area contributed by atoms with Gasteiger partial charge in [0.1, 0.15) is 0 Å². The van der Waals surface area contributed by atoms with Crippen molar-refractivity contribution < 1.29 is 43.9 Å². The van der Waals surface area contributed by atoms with Crippen molar-refractivity contribution in [1.82, 2.24) is 0 Å². The molecule has 0 atom stereocenters. The first-order chi connectivity index (χ1) is 20.8. The van der Waals surface area contributed by atoms with Crippen molar-refractivity contribution in [2.75, 3.05) is 0 Å². The molecule has 0 spiro atoms. The van der Waals surface area contributed by atoms with Gasteiger partial charge in [0.15, 0.2) is 52.2 Å². The molecule has 5 rings (SSSR count). The summed E-state index contributed by atoms with van der Waals surface area (Å²) in [5, 5.41) is 19.4. The summed E-state index contributed by atoms with van der Waals surface area (Å²) in [6, 6.07) is 6.31. The zero-order valence-corrected chi connectivity index (χ0v) is 20.9. The number of nitrogens with zero attached hydrogens (tertiary/aromatic N) is 4. The van der Waals surface area contributed by atoms with Crippen molar-refractivity contribution in [1.29, 1.82) is 10.5 Å². The van der Waals surface area contributed by atoms with Crippen molar-refractivity contribution in [2.45, 2.75) is 0 Å². The van der Waals surface area contributed by atoms with Crippen LogP contribution in [0.25, 0.3) is 48.6 Å². The Kier molecular flexibility index (Phi) is 6.88. The molecule has 214 valence electrons. The Morgan fingerprint density at radius 2 is 0.932 bits per heavy atom. The molecule has 0 unspecified atom stereocenters. The summed E-state index contributed by atoms with van der Waals surface area (Å²) < 4.78 is 143. The number of benzene rings is 4. The smallest absolute Gasteiger partial charge is 0.237 e. The highest BCUT2D eigenvalue weighted by molar-refractivity contribution is 6.07. The van der Waals surface area contributed by atoms with E-state index in [1.54, 1.807) is 6.07 Å². The molecule has 0 saturated heterocycles. The Labute approximate surface area is 239 Å². The number of hydrogen-bond acceptors (Lipinski definition) is 2. The fourth-order valence-electron chi connectivity index (χ4n) is 4.86. The van der Waals surface area contributed by atoms with Crippen LogP contribution in [0.1, 0.15) is 16.7 Å². The maximum atomic E-state index is 14.8. The quantitative estimate of drug-likeness (QED) is 0.0659. The summed E-state index contributed by atoms with van der Waals surface area (Å²) >= 11 is 0. The summed E-state index contributed by atoms with van der Waals surface area (Å²) in [4.78, 5) is 6.12. The number of fused-ring (bicyclic) bond motifs is 3. The molecule has 0 aromatic heterocycles. The van der Waals surface area contributed by atoms with E-state index >= 15 is 0 Å². The van der Waals surface area contributed by atoms with Crippen molar-refractivity contribution in [3.05, 3.63) is 128 Å². The molecule has 0 heterocycles.